The molecule has 5 rings (SSSR count). The van der Waals surface area contributed by atoms with Crippen molar-refractivity contribution in [1.82, 2.24) is 15.1 Å². The molecule has 2 aliphatic heterocycles. The van der Waals surface area contributed by atoms with Gasteiger partial charge in [-0.05, 0) is 6.42 Å². The number of hydrogen-bond acceptors (Lipinski definition) is 7. The normalized spacial score (nSPS) is 21.1. The highest BCUT2D eigenvalue weighted by Gasteiger charge is 2.52. The summed E-state index contributed by atoms with van der Waals surface area (Å²) in [6, 6.07) is 9.75. The van der Waals surface area contributed by atoms with E-state index < -0.39 is 5.54 Å². The van der Waals surface area contributed by atoms with Crippen molar-refractivity contribution in [2.24, 2.45) is 0 Å². The summed E-state index contributed by atoms with van der Waals surface area (Å²) in [6.07, 6.45) is 3.97. The molecule has 1 amide bonds. The summed E-state index contributed by atoms with van der Waals surface area (Å²) in [7, 11) is 1.77. The van der Waals surface area contributed by atoms with E-state index in [1.165, 1.54) is 0 Å². The van der Waals surface area contributed by atoms with Crippen LogP contribution in [0.3, 0.4) is 0 Å². The van der Waals surface area contributed by atoms with Crippen molar-refractivity contribution in [3.05, 3.63) is 42.7 Å². The molecule has 8 nitrogen and oxygen atoms in total. The molecular formula is C21H21N5O3. The second-order valence-electron chi connectivity index (χ2n) is 7.29. The Kier molecular flexibility index (Phi) is 4.09. The number of hydrogen-bond donors (Lipinski definition) is 0. The molecule has 1 saturated heterocycles. The number of likely N-dealkylation sites (N-methyl/N-ethyl adjacent to an activating group) is 1. The molecule has 148 valence electrons. The number of amides is 1. The molecule has 2 aliphatic rings. The molecule has 0 saturated carbocycles. The maximum atomic E-state index is 13.2. The van der Waals surface area contributed by atoms with Crippen LogP contribution in [0.1, 0.15) is 13.3 Å². The second kappa shape index (κ2) is 6.66. The predicted molar refractivity (Wildman–Crippen MR) is 108 cm³/mol. The Morgan fingerprint density at radius 3 is 2.83 bits per heavy atom. The molecule has 1 fully saturated rings. The summed E-state index contributed by atoms with van der Waals surface area (Å²) in [5.41, 5.74) is 1.59. The Morgan fingerprint density at radius 1 is 1.21 bits per heavy atom. The molecule has 0 unspecified atom stereocenters. The lowest BCUT2D eigenvalue weighted by molar-refractivity contribution is -0.128. The summed E-state index contributed by atoms with van der Waals surface area (Å²) in [6.45, 7) is 3.52. The molecular weight excluding hydrogens is 370 g/mol. The molecule has 0 aliphatic carbocycles. The van der Waals surface area contributed by atoms with Gasteiger partial charge in [-0.3, -0.25) is 4.79 Å². The van der Waals surface area contributed by atoms with Gasteiger partial charge >= 0.3 is 0 Å². The topological polar surface area (TPSA) is 84.6 Å². The van der Waals surface area contributed by atoms with Crippen LogP contribution in [-0.4, -0.2) is 53.4 Å². The molecule has 1 aromatic carbocycles. The number of carbonyl (C=O) groups excluding carboxylic acids is 1. The summed E-state index contributed by atoms with van der Waals surface area (Å²) in [5.74, 6) is 1.89. The number of aromatic nitrogens is 3. The number of fused-ring (bicyclic) bond motifs is 3. The molecule has 0 N–H and O–H groups in total. The number of carbonyl (C=O) groups is 1. The van der Waals surface area contributed by atoms with E-state index in [0.717, 1.165) is 11.4 Å². The largest absolute Gasteiger partial charge is 0.377 e. The standard InChI is InChI=1S/C21H21N5O3/c1-3-21-13-28-10-9-26(21)19-16(25(2)20(21)27)12-22-18(24-19)15-11-23-29-17(15)14-7-5-4-6-8-14/h4-8,11-12H,3,9-10,13H2,1-2H3/t21-/m1/s1. The summed E-state index contributed by atoms with van der Waals surface area (Å²) in [5, 5.41) is 3.97. The Labute approximate surface area is 168 Å². The molecule has 0 radical (unpaired) electrons. The first-order valence-corrected chi connectivity index (χ1v) is 9.67. The fourth-order valence-electron chi connectivity index (χ4n) is 4.17. The molecule has 0 spiro atoms. The predicted octanol–water partition coefficient (Wildman–Crippen LogP) is 2.76. The van der Waals surface area contributed by atoms with Crippen LogP contribution in [0.15, 0.2) is 47.2 Å². The first-order chi connectivity index (χ1) is 14.2. The van der Waals surface area contributed by atoms with Crippen LogP contribution >= 0.6 is 0 Å². The first-order valence-electron chi connectivity index (χ1n) is 9.67. The van der Waals surface area contributed by atoms with Gasteiger partial charge in [-0.1, -0.05) is 42.4 Å². The summed E-state index contributed by atoms with van der Waals surface area (Å²) in [4.78, 5) is 26.3. The number of rotatable bonds is 3. The van der Waals surface area contributed by atoms with Crippen molar-refractivity contribution in [3.8, 4) is 22.7 Å². The highest BCUT2D eigenvalue weighted by atomic mass is 16.5. The van der Waals surface area contributed by atoms with Crippen molar-refractivity contribution in [2.45, 2.75) is 18.9 Å². The van der Waals surface area contributed by atoms with Crippen LogP contribution in [0.5, 0.6) is 0 Å². The van der Waals surface area contributed by atoms with Gasteiger partial charge < -0.3 is 19.1 Å². The lowest BCUT2D eigenvalue weighted by Crippen LogP contribution is -2.68. The van der Waals surface area contributed by atoms with Gasteiger partial charge in [0, 0.05) is 19.2 Å². The number of benzene rings is 1. The Hall–Kier alpha value is -3.26. The molecule has 2 aromatic heterocycles. The van der Waals surface area contributed by atoms with Gasteiger partial charge in [0.25, 0.3) is 5.91 Å². The van der Waals surface area contributed by atoms with Gasteiger partial charge in [0.2, 0.25) is 0 Å². The van der Waals surface area contributed by atoms with Crippen LogP contribution in [0.25, 0.3) is 22.7 Å². The number of morpholine rings is 1. The fourth-order valence-corrected chi connectivity index (χ4v) is 4.17. The van der Waals surface area contributed by atoms with Crippen molar-refractivity contribution in [1.29, 1.82) is 0 Å². The monoisotopic (exact) mass is 391 g/mol. The Balaban J connectivity index is 1.65. The van der Waals surface area contributed by atoms with Gasteiger partial charge in [-0.15, -0.1) is 0 Å². The lowest BCUT2D eigenvalue weighted by atomic mass is 9.89. The highest BCUT2D eigenvalue weighted by molar-refractivity contribution is 6.07. The number of anilines is 2. The first kappa shape index (κ1) is 17.8. The van der Waals surface area contributed by atoms with Crippen LogP contribution in [0.2, 0.25) is 0 Å². The Morgan fingerprint density at radius 2 is 2.03 bits per heavy atom. The van der Waals surface area contributed by atoms with Gasteiger partial charge in [0.15, 0.2) is 17.4 Å². The van der Waals surface area contributed by atoms with Crippen LogP contribution in [0, 0.1) is 0 Å². The van der Waals surface area contributed by atoms with E-state index in [2.05, 4.69) is 15.0 Å². The maximum Gasteiger partial charge on any atom is 0.255 e. The van der Waals surface area contributed by atoms with E-state index in [1.807, 2.05) is 37.3 Å². The van der Waals surface area contributed by atoms with Crippen molar-refractivity contribution >= 4 is 17.4 Å². The van der Waals surface area contributed by atoms with Gasteiger partial charge in [-0.2, -0.15) is 0 Å². The SMILES string of the molecule is CC[C@]12COCCN1c1nc(-c3cnoc3-c3ccccc3)ncc1N(C)C2=O. The van der Waals surface area contributed by atoms with Gasteiger partial charge in [0.1, 0.15) is 11.2 Å². The summed E-state index contributed by atoms with van der Waals surface area (Å²) < 4.78 is 11.2. The summed E-state index contributed by atoms with van der Waals surface area (Å²) >= 11 is 0. The van der Waals surface area contributed by atoms with E-state index in [1.54, 1.807) is 24.3 Å². The van der Waals surface area contributed by atoms with Crippen LogP contribution < -0.4 is 9.80 Å². The minimum atomic E-state index is -0.734. The van der Waals surface area contributed by atoms with Crippen molar-refractivity contribution < 1.29 is 14.1 Å². The number of ether oxygens (including phenoxy) is 1. The third-order valence-electron chi connectivity index (χ3n) is 5.82. The molecule has 4 heterocycles. The number of nitrogens with zero attached hydrogens (tertiary/aromatic N) is 5. The smallest absolute Gasteiger partial charge is 0.255 e. The average molecular weight is 391 g/mol. The van der Waals surface area contributed by atoms with Gasteiger partial charge in [0.05, 0.1) is 31.2 Å². The minimum Gasteiger partial charge on any atom is -0.377 e. The zero-order valence-corrected chi connectivity index (χ0v) is 16.3. The third kappa shape index (κ3) is 2.56. The van der Waals surface area contributed by atoms with Crippen molar-refractivity contribution in [3.63, 3.8) is 0 Å². The van der Waals surface area contributed by atoms with Crippen LogP contribution in [-0.2, 0) is 9.53 Å². The lowest BCUT2D eigenvalue weighted by Gasteiger charge is -2.51. The van der Waals surface area contributed by atoms with E-state index in [9.17, 15) is 4.79 Å². The molecule has 0 bridgehead atoms. The zero-order valence-electron chi connectivity index (χ0n) is 16.3. The zero-order chi connectivity index (χ0) is 20.0. The quantitative estimate of drug-likeness (QED) is 0.679. The van der Waals surface area contributed by atoms with Crippen molar-refractivity contribution in [2.75, 3.05) is 36.6 Å². The fraction of sp³-hybridized carbons (Fsp3) is 0.333. The van der Waals surface area contributed by atoms with E-state index in [-0.39, 0.29) is 5.91 Å². The average Bonchev–Trinajstić information content (AvgIpc) is 3.27. The molecule has 8 heteroatoms. The molecule has 3 aromatic rings. The second-order valence-corrected chi connectivity index (χ2v) is 7.29. The minimum absolute atomic E-state index is 0.0125. The Bertz CT molecular complexity index is 1070. The molecule has 29 heavy (non-hydrogen) atoms. The van der Waals surface area contributed by atoms with Crippen LogP contribution in [0.4, 0.5) is 11.5 Å². The van der Waals surface area contributed by atoms with E-state index in [0.29, 0.717) is 49.0 Å². The van der Waals surface area contributed by atoms with Gasteiger partial charge in [-0.25, -0.2) is 9.97 Å². The van der Waals surface area contributed by atoms with E-state index >= 15 is 0 Å². The van der Waals surface area contributed by atoms with E-state index in [4.69, 9.17) is 14.2 Å². The maximum absolute atomic E-state index is 13.2. The highest BCUT2D eigenvalue weighted by Crippen LogP contribution is 2.42. The molecule has 1 atom stereocenters. The third-order valence-corrected chi connectivity index (χ3v) is 5.82.